The Morgan fingerprint density at radius 3 is 1.48 bits per heavy atom. The molecule has 0 aliphatic heterocycles. The van der Waals surface area contributed by atoms with Gasteiger partial charge in [-0.05, 0) is 38.1 Å². The van der Waals surface area contributed by atoms with Gasteiger partial charge in [-0.15, -0.1) is 10.1 Å². The molecule has 0 atom stereocenters. The number of nitrogens with zero attached hydrogens (tertiary/aromatic N) is 1. The predicted molar refractivity (Wildman–Crippen MR) is 73.1 cm³/mol. The molecule has 9 heteroatoms. The third-order valence-corrected chi connectivity index (χ3v) is 2.21. The number of aromatic nitrogens is 2. The van der Waals surface area contributed by atoms with Crippen LogP contribution >= 0.6 is 0 Å². The minimum absolute atomic E-state index is 0. The van der Waals surface area contributed by atoms with Crippen molar-refractivity contribution in [1.82, 2.24) is 0 Å². The van der Waals surface area contributed by atoms with Gasteiger partial charge in [0.2, 0.25) is 0 Å². The number of hydrogen-bond acceptors (Lipinski definition) is 4. The minimum atomic E-state index is -1.50. The molecule has 0 fully saturated rings. The van der Waals surface area contributed by atoms with Crippen LogP contribution in [0.2, 0.25) is 0 Å². The van der Waals surface area contributed by atoms with Gasteiger partial charge in [-0.25, -0.2) is 9.97 Å². The van der Waals surface area contributed by atoms with Gasteiger partial charge in [-0.3, -0.25) is 11.5 Å². The summed E-state index contributed by atoms with van der Waals surface area (Å²) in [5.74, 6) is 1.49. The van der Waals surface area contributed by atoms with Crippen molar-refractivity contribution in [2.75, 3.05) is 11.5 Å². The smallest absolute Gasteiger partial charge is 0.328 e. The number of nitrogens with two attached hydrogens (primary N) is 2. The van der Waals surface area contributed by atoms with Crippen molar-refractivity contribution in [1.29, 1.82) is 0 Å². The van der Waals surface area contributed by atoms with E-state index in [0.717, 1.165) is 22.8 Å². The molecule has 2 heterocycles. The first-order valence-electron chi connectivity index (χ1n) is 5.63. The number of rotatable bonds is 0. The monoisotopic (exact) mass is 388 g/mol. The Balaban J connectivity index is 0. The number of anilines is 2. The number of nitrogens with one attached hydrogen (secondary N) is 2. The fourth-order valence-corrected chi connectivity index (χ4v) is 1.07. The summed E-state index contributed by atoms with van der Waals surface area (Å²) < 4.78 is 0. The van der Waals surface area contributed by atoms with Crippen molar-refractivity contribution in [3.8, 4) is 0 Å². The van der Waals surface area contributed by atoms with Crippen molar-refractivity contribution in [2.24, 2.45) is 0 Å². The van der Waals surface area contributed by atoms with Gasteiger partial charge in [0.05, 0.1) is 12.4 Å². The number of nitrogen functional groups attached to an aromatic ring is 2. The van der Waals surface area contributed by atoms with E-state index in [1.54, 1.807) is 0 Å². The largest absolute Gasteiger partial charge is 1.00 e. The molecule has 118 valence electrons. The number of aryl methyl sites for hydroxylation is 2. The molecule has 2 rings (SSSR count). The van der Waals surface area contributed by atoms with Crippen LogP contribution in [0.15, 0.2) is 36.7 Å². The van der Waals surface area contributed by atoms with Crippen molar-refractivity contribution >= 4 is 11.6 Å². The fourth-order valence-electron chi connectivity index (χ4n) is 1.07. The van der Waals surface area contributed by atoms with Crippen molar-refractivity contribution in [3.05, 3.63) is 57.9 Å². The zero-order valence-electron chi connectivity index (χ0n) is 11.6. The summed E-state index contributed by atoms with van der Waals surface area (Å²) in [6, 6.07) is 7.77. The summed E-state index contributed by atoms with van der Waals surface area (Å²) in [4.78, 5) is 14.1. The molecule has 0 aromatic carbocycles. The Bertz CT molecular complexity index is 464. The molecule has 21 heavy (non-hydrogen) atoms. The standard InChI is InChI=1S/2C6H8N2.Ag.HNO3/c2*1-5-3-2-4-8-6(5)7;;2-1(3)4/h2*2-4H,1H3,(H2,7,8);;(H,2,3,4)/q;;+1;/p+2. The van der Waals surface area contributed by atoms with E-state index in [-0.39, 0.29) is 22.4 Å². The molecule has 0 saturated carbocycles. The quantitative estimate of drug-likeness (QED) is 0.340. The molecule has 0 spiro atoms. The van der Waals surface area contributed by atoms with E-state index in [9.17, 15) is 0 Å². The van der Waals surface area contributed by atoms with E-state index in [4.69, 9.17) is 26.8 Å². The second-order valence-electron chi connectivity index (χ2n) is 3.77. The number of H-pyrrole nitrogens is 2. The molecule has 0 saturated heterocycles. The fraction of sp³-hybridized carbons (Fsp3) is 0.167. The molecule has 0 amide bonds. The van der Waals surface area contributed by atoms with Crippen molar-refractivity contribution in [3.63, 3.8) is 0 Å². The summed E-state index contributed by atoms with van der Waals surface area (Å²) in [5.41, 5.74) is 13.1. The summed E-state index contributed by atoms with van der Waals surface area (Å²) in [6.45, 7) is 3.93. The zero-order valence-corrected chi connectivity index (χ0v) is 13.1. The Labute approximate surface area is 137 Å². The van der Waals surface area contributed by atoms with Crippen LogP contribution in [0.4, 0.5) is 11.6 Å². The molecule has 7 N–H and O–H groups in total. The minimum Gasteiger partial charge on any atom is -0.328 e. The summed E-state index contributed by atoms with van der Waals surface area (Å²) in [7, 11) is 0. The first-order chi connectivity index (χ1) is 9.34. The second-order valence-corrected chi connectivity index (χ2v) is 3.77. The van der Waals surface area contributed by atoms with Gasteiger partial charge in [-0.1, -0.05) is 0 Å². The van der Waals surface area contributed by atoms with Crippen molar-refractivity contribution < 1.29 is 42.6 Å². The molecular formula is C12H19AgN5O3+3. The molecule has 2 aromatic rings. The van der Waals surface area contributed by atoms with Crippen LogP contribution in [0, 0.1) is 24.0 Å². The Morgan fingerprint density at radius 1 is 1.05 bits per heavy atom. The summed E-state index contributed by atoms with van der Waals surface area (Å²) in [6.07, 6.45) is 3.62. The number of aromatic amines is 2. The first-order valence-corrected chi connectivity index (χ1v) is 5.63. The average molecular weight is 389 g/mol. The summed E-state index contributed by atoms with van der Waals surface area (Å²) in [5, 5.41) is 13.6. The van der Waals surface area contributed by atoms with Gasteiger partial charge < -0.3 is 5.21 Å². The molecular weight excluding hydrogens is 370 g/mol. The van der Waals surface area contributed by atoms with E-state index in [1.807, 2.05) is 50.5 Å². The average Bonchev–Trinajstić information content (AvgIpc) is 2.37. The predicted octanol–water partition coefficient (Wildman–Crippen LogP) is 0.432. The van der Waals surface area contributed by atoms with Crippen LogP contribution in [0.1, 0.15) is 11.1 Å². The van der Waals surface area contributed by atoms with Gasteiger partial charge in [0, 0.05) is 11.1 Å². The zero-order chi connectivity index (χ0) is 15.5. The van der Waals surface area contributed by atoms with Gasteiger partial charge in [-0.2, -0.15) is 0 Å². The van der Waals surface area contributed by atoms with Gasteiger partial charge in [0.1, 0.15) is 0 Å². The van der Waals surface area contributed by atoms with Gasteiger partial charge in [0.15, 0.2) is 0 Å². The first kappa shape index (κ1) is 21.1. The molecule has 0 aliphatic carbocycles. The maximum Gasteiger partial charge on any atom is 1.00 e. The Kier molecular flexibility index (Phi) is 11.7. The van der Waals surface area contributed by atoms with Crippen LogP contribution in [0.25, 0.3) is 0 Å². The van der Waals surface area contributed by atoms with Crippen LogP contribution in [-0.2, 0) is 22.4 Å². The maximum atomic E-state index is 8.36. The van der Waals surface area contributed by atoms with E-state index in [0.29, 0.717) is 0 Å². The third-order valence-electron chi connectivity index (χ3n) is 2.21. The SMILES string of the molecule is Cc1ccc[nH+]c1N.Cc1ccc[nH+]c1N.O=[N+]([O-])O.[Ag+]. The maximum absolute atomic E-state index is 8.36. The molecule has 0 radical (unpaired) electrons. The Morgan fingerprint density at radius 2 is 1.33 bits per heavy atom. The number of hydrogen-bond donors (Lipinski definition) is 3. The van der Waals surface area contributed by atoms with E-state index in [2.05, 4.69) is 9.97 Å². The van der Waals surface area contributed by atoms with E-state index < -0.39 is 5.09 Å². The molecule has 0 unspecified atom stereocenters. The molecule has 0 bridgehead atoms. The van der Waals surface area contributed by atoms with Crippen LogP contribution in [-0.4, -0.2) is 10.3 Å². The normalized spacial score (nSPS) is 8.10. The Hall–Kier alpha value is -2.16. The van der Waals surface area contributed by atoms with Crippen LogP contribution < -0.4 is 21.4 Å². The van der Waals surface area contributed by atoms with Crippen molar-refractivity contribution in [2.45, 2.75) is 13.8 Å². The number of pyridine rings is 2. The summed E-state index contributed by atoms with van der Waals surface area (Å²) >= 11 is 0. The van der Waals surface area contributed by atoms with Crippen LogP contribution in [0.5, 0.6) is 0 Å². The van der Waals surface area contributed by atoms with Gasteiger partial charge >= 0.3 is 22.4 Å². The topological polar surface area (TPSA) is 144 Å². The molecule has 2 aromatic heterocycles. The van der Waals surface area contributed by atoms with Gasteiger partial charge in [0.25, 0.3) is 16.7 Å². The van der Waals surface area contributed by atoms with Crippen LogP contribution in [0.3, 0.4) is 0 Å². The third kappa shape index (κ3) is 11.4. The van der Waals surface area contributed by atoms with E-state index >= 15 is 0 Å². The second kappa shape index (κ2) is 11.6. The molecule has 8 nitrogen and oxygen atoms in total. The molecule has 0 aliphatic rings. The van der Waals surface area contributed by atoms with E-state index in [1.165, 1.54) is 0 Å².